The molecule has 0 bridgehead atoms. The molecule has 6 nitrogen and oxygen atoms in total. The van der Waals surface area contributed by atoms with Crippen molar-refractivity contribution in [2.75, 3.05) is 13.2 Å². The Morgan fingerprint density at radius 1 is 0.955 bits per heavy atom. The fraction of sp³-hybridized carbons (Fsp3) is 0.528. The molecule has 0 aromatic rings. The van der Waals surface area contributed by atoms with Crippen LogP contribution in [0.4, 0.5) is 8.78 Å². The molecule has 0 aromatic heterocycles. The van der Waals surface area contributed by atoms with Crippen LogP contribution in [0.5, 0.6) is 0 Å². The molecule has 2 N–H and O–H groups in total. The third kappa shape index (κ3) is 7.18. The van der Waals surface area contributed by atoms with Gasteiger partial charge in [-0.25, -0.2) is 8.78 Å². The monoisotopic (exact) mass is 610 g/mol. The highest BCUT2D eigenvalue weighted by Gasteiger charge is 2.53. The van der Waals surface area contributed by atoms with Gasteiger partial charge in [0.15, 0.2) is 0 Å². The number of aliphatic carboxylic acids is 1. The fourth-order valence-corrected chi connectivity index (χ4v) is 6.34. The number of carboxylic acids is 1. The molecule has 0 saturated carbocycles. The number of halogens is 2. The Labute approximate surface area is 258 Å². The smallest absolute Gasteiger partial charge is 0.303 e. The molecule has 2 aliphatic carbocycles. The summed E-state index contributed by atoms with van der Waals surface area (Å²) < 4.78 is 49.6. The molecule has 238 valence electrons. The van der Waals surface area contributed by atoms with Gasteiger partial charge in [-0.2, -0.15) is 0 Å². The lowest BCUT2D eigenvalue weighted by Crippen LogP contribution is -2.51. The number of alkyl halides is 2. The topological polar surface area (TPSA) is 93.0 Å². The summed E-state index contributed by atoms with van der Waals surface area (Å²) in [4.78, 5) is 10.7. The average molecular weight is 611 g/mol. The number of rotatable bonds is 12. The van der Waals surface area contributed by atoms with Crippen LogP contribution >= 0.6 is 0 Å². The summed E-state index contributed by atoms with van der Waals surface area (Å²) in [7, 11) is 0. The number of ether oxygens (including phenoxy) is 1. The van der Waals surface area contributed by atoms with E-state index in [1.807, 2.05) is 37.3 Å². The van der Waals surface area contributed by atoms with E-state index in [1.54, 1.807) is 6.92 Å². The molecule has 3 aliphatic heterocycles. The predicted molar refractivity (Wildman–Crippen MR) is 166 cm³/mol. The van der Waals surface area contributed by atoms with Crippen LogP contribution in [0.3, 0.4) is 0 Å². The van der Waals surface area contributed by atoms with Gasteiger partial charge in [0.05, 0.1) is 6.61 Å². The Morgan fingerprint density at radius 3 is 2.43 bits per heavy atom. The van der Waals surface area contributed by atoms with Crippen molar-refractivity contribution >= 4 is 5.97 Å². The zero-order valence-corrected chi connectivity index (χ0v) is 25.8. The summed E-state index contributed by atoms with van der Waals surface area (Å²) in [6, 6.07) is 13.8. The summed E-state index contributed by atoms with van der Waals surface area (Å²) in [5.41, 5.74) is 2.47. The van der Waals surface area contributed by atoms with E-state index in [0.29, 0.717) is 56.2 Å². The van der Waals surface area contributed by atoms with Gasteiger partial charge in [-0.3, -0.25) is 4.79 Å². The first-order valence-electron chi connectivity index (χ1n) is 16.1. The van der Waals surface area contributed by atoms with E-state index in [9.17, 15) is 9.90 Å². The second-order valence-corrected chi connectivity index (χ2v) is 12.6. The van der Waals surface area contributed by atoms with E-state index in [4.69, 9.17) is 18.7 Å². The third-order valence-corrected chi connectivity index (χ3v) is 9.22. The van der Waals surface area contributed by atoms with Gasteiger partial charge in [0, 0.05) is 42.6 Å². The number of hydrogen-bond acceptors (Lipinski definition) is 5. The van der Waals surface area contributed by atoms with Crippen LogP contribution in [0.25, 0.3) is 34.0 Å². The normalized spacial score (nSPS) is 18.8. The Balaban J connectivity index is 1.39. The maximum Gasteiger partial charge on any atom is 0.303 e. The van der Waals surface area contributed by atoms with E-state index in [1.165, 1.54) is 5.56 Å². The molecule has 0 amide bonds. The molecule has 8 heteroatoms. The van der Waals surface area contributed by atoms with Crippen molar-refractivity contribution in [1.82, 2.24) is 0 Å². The molecule has 0 saturated heterocycles. The van der Waals surface area contributed by atoms with Gasteiger partial charge >= 0.3 is 5.97 Å². The number of aryl methyl sites for hydroxylation is 1. The minimum Gasteiger partial charge on any atom is -0.481 e. The van der Waals surface area contributed by atoms with Gasteiger partial charge in [0.1, 0.15) is 28.6 Å². The Bertz CT molecular complexity index is 1470. The average Bonchev–Trinajstić information content (AvgIpc) is 3.59. The quantitative estimate of drug-likeness (QED) is 0.156. The van der Waals surface area contributed by atoms with E-state index < -0.39 is 17.5 Å². The fourth-order valence-electron chi connectivity index (χ4n) is 6.34. The molecule has 0 radical (unpaired) electrons. The van der Waals surface area contributed by atoms with Crippen LogP contribution in [-0.4, -0.2) is 40.9 Å². The molecule has 0 spiro atoms. The van der Waals surface area contributed by atoms with Crippen molar-refractivity contribution in [2.24, 2.45) is 5.92 Å². The van der Waals surface area contributed by atoms with Crippen LogP contribution in [0.15, 0.2) is 51.3 Å². The van der Waals surface area contributed by atoms with Crippen LogP contribution in [0, 0.1) is 5.92 Å². The van der Waals surface area contributed by atoms with E-state index in [-0.39, 0.29) is 31.6 Å². The molecule has 2 atom stereocenters. The number of hydrogen-bond donors (Lipinski definition) is 2. The number of carboxylic acid groups (broad SMARTS) is 1. The van der Waals surface area contributed by atoms with Crippen LogP contribution in [0.1, 0.15) is 88.5 Å². The van der Waals surface area contributed by atoms with Crippen LogP contribution < -0.4 is 0 Å². The Hall–Kier alpha value is -3.23. The summed E-state index contributed by atoms with van der Waals surface area (Å²) in [6.45, 7) is 4.44. The van der Waals surface area contributed by atoms with Crippen molar-refractivity contribution < 1.29 is 37.4 Å². The van der Waals surface area contributed by atoms with Crippen molar-refractivity contribution in [3.05, 3.63) is 59.4 Å². The molecule has 44 heavy (non-hydrogen) atoms. The van der Waals surface area contributed by atoms with Crippen LogP contribution in [0.2, 0.25) is 0 Å². The highest BCUT2D eigenvalue weighted by Crippen LogP contribution is 2.45. The molecule has 0 aromatic carbocycles. The van der Waals surface area contributed by atoms with Gasteiger partial charge in [-0.1, -0.05) is 39.2 Å². The number of fused-ring (bicyclic) bond motifs is 3. The summed E-state index contributed by atoms with van der Waals surface area (Å²) in [6.07, 6.45) is 5.47. The lowest BCUT2D eigenvalue weighted by molar-refractivity contribution is -0.196. The SMILES string of the molecule is CC[C@H](C)CC(F)(F)C1(O)CCCOCCc2cc3c(-c4ccc5c(CCCCCCC(=O)O)ccc-5o4)ccc-3oc2C1. The first-order chi connectivity index (χ1) is 21.1. The first kappa shape index (κ1) is 32.2. The van der Waals surface area contributed by atoms with Crippen LogP contribution in [-0.2, 0) is 28.8 Å². The second kappa shape index (κ2) is 13.8. The summed E-state index contributed by atoms with van der Waals surface area (Å²) in [5, 5.41) is 20.3. The van der Waals surface area contributed by atoms with E-state index in [0.717, 1.165) is 53.7 Å². The molecule has 1 unspecified atom stereocenters. The predicted octanol–water partition coefficient (Wildman–Crippen LogP) is 9.02. The molecule has 3 heterocycles. The van der Waals surface area contributed by atoms with E-state index in [2.05, 4.69) is 12.1 Å². The first-order valence-corrected chi connectivity index (χ1v) is 16.1. The zero-order valence-electron chi connectivity index (χ0n) is 25.8. The van der Waals surface area contributed by atoms with Gasteiger partial charge in [-0.15, -0.1) is 0 Å². The number of aliphatic hydroxyl groups is 1. The largest absolute Gasteiger partial charge is 0.481 e. The van der Waals surface area contributed by atoms with Gasteiger partial charge < -0.3 is 23.8 Å². The van der Waals surface area contributed by atoms with E-state index >= 15 is 8.78 Å². The Morgan fingerprint density at radius 2 is 1.66 bits per heavy atom. The lowest BCUT2D eigenvalue weighted by Gasteiger charge is -2.38. The lowest BCUT2D eigenvalue weighted by atomic mass is 9.80. The molecular formula is C36H44F2O6. The van der Waals surface area contributed by atoms with Gasteiger partial charge in [-0.05, 0) is 92.0 Å². The maximum absolute atomic E-state index is 15.6. The number of carbonyl (C=O) groups is 1. The molecule has 5 rings (SSSR count). The second-order valence-electron chi connectivity index (χ2n) is 12.6. The van der Waals surface area contributed by atoms with Crippen molar-refractivity contribution in [2.45, 2.75) is 102 Å². The van der Waals surface area contributed by atoms with Gasteiger partial charge in [0.25, 0.3) is 5.92 Å². The molecular weight excluding hydrogens is 566 g/mol. The summed E-state index contributed by atoms with van der Waals surface area (Å²) in [5.74, 6) is -1.82. The zero-order chi connectivity index (χ0) is 31.3. The summed E-state index contributed by atoms with van der Waals surface area (Å²) >= 11 is 0. The standard InChI is InChI=1S/C36H44F2O6/c1-3-24(2)22-36(37,38)35(41)18-8-19-42-20-17-26-21-29-28(13-16-32(29)44-33(26)23-35)31-15-12-27-25(11-14-30(27)43-31)9-6-4-5-7-10-34(39)40/h11-16,21,24,41H,3-10,17-20,22-23H2,1-2H3,(H,39,40)/t24-,35?/m0/s1. The molecule has 5 aliphatic rings. The minimum atomic E-state index is -3.27. The van der Waals surface area contributed by atoms with Gasteiger partial charge in [0.2, 0.25) is 0 Å². The highest BCUT2D eigenvalue weighted by molar-refractivity contribution is 5.83. The highest BCUT2D eigenvalue weighted by atomic mass is 19.3. The number of unbranched alkanes of at least 4 members (excludes halogenated alkanes) is 3. The van der Waals surface area contributed by atoms with Crippen molar-refractivity contribution in [3.8, 4) is 34.0 Å². The minimum absolute atomic E-state index is 0.0685. The van der Waals surface area contributed by atoms with Crippen molar-refractivity contribution in [1.29, 1.82) is 0 Å². The maximum atomic E-state index is 15.6. The Kier molecular flexibility index (Phi) is 10.1. The third-order valence-electron chi connectivity index (χ3n) is 9.22. The van der Waals surface area contributed by atoms with Crippen molar-refractivity contribution in [3.63, 3.8) is 0 Å². The molecule has 0 fully saturated rings.